The number of benzene rings is 2. The van der Waals surface area contributed by atoms with E-state index in [1.807, 2.05) is 64.9 Å². The Bertz CT molecular complexity index is 1460. The highest BCUT2D eigenvalue weighted by atomic mass is 32.2. The van der Waals surface area contributed by atoms with E-state index in [4.69, 9.17) is 9.72 Å². The van der Waals surface area contributed by atoms with E-state index in [1.165, 1.54) is 23.1 Å². The second kappa shape index (κ2) is 11.2. The van der Waals surface area contributed by atoms with E-state index in [1.54, 1.807) is 17.8 Å². The summed E-state index contributed by atoms with van der Waals surface area (Å²) in [6, 6.07) is 17.8. The van der Waals surface area contributed by atoms with Crippen LogP contribution in [0.25, 0.3) is 21.3 Å². The molecule has 1 fully saturated rings. The van der Waals surface area contributed by atoms with Crippen molar-refractivity contribution >= 4 is 44.9 Å². The molecule has 0 unspecified atom stereocenters. The number of rotatable bonds is 8. The minimum atomic E-state index is -0.104. The highest BCUT2D eigenvalue weighted by Crippen LogP contribution is 2.32. The molecule has 0 spiro atoms. The second-order valence-electron chi connectivity index (χ2n) is 8.65. The number of ether oxygens (including phenoxy) is 1. The zero-order chi connectivity index (χ0) is 25.8. The first-order valence-corrected chi connectivity index (χ1v) is 13.9. The maximum atomic E-state index is 13.5. The van der Waals surface area contributed by atoms with Crippen LogP contribution in [-0.4, -0.2) is 59.4 Å². The number of carbonyl (C=O) groups is 1. The summed E-state index contributed by atoms with van der Waals surface area (Å²) < 4.78 is 6.86. The van der Waals surface area contributed by atoms with Gasteiger partial charge in [-0.1, -0.05) is 48.2 Å². The summed E-state index contributed by atoms with van der Waals surface area (Å²) in [5, 5.41) is 3.14. The van der Waals surface area contributed by atoms with Gasteiger partial charge in [0.1, 0.15) is 10.6 Å². The first-order valence-electron chi connectivity index (χ1n) is 12.1. The summed E-state index contributed by atoms with van der Waals surface area (Å²) in [4.78, 5) is 36.2. The van der Waals surface area contributed by atoms with E-state index in [0.29, 0.717) is 35.0 Å². The van der Waals surface area contributed by atoms with Gasteiger partial charge in [-0.2, -0.15) is 0 Å². The molecule has 1 amide bonds. The molecule has 0 aliphatic carbocycles. The van der Waals surface area contributed by atoms with Gasteiger partial charge < -0.3 is 14.5 Å². The molecule has 0 atom stereocenters. The standard InChI is InChI=1S/C28H28N4O3S2/c1-3-13-32-27(34)25-23(20-7-5-4-6-8-20)18-36-26(25)29-28(32)37-19-24(33)31-16-14-30(15-17-31)21-9-11-22(35-2)12-10-21/h3-12,18H,1,13-17,19H2,2H3. The summed E-state index contributed by atoms with van der Waals surface area (Å²) in [7, 11) is 1.66. The molecule has 0 bridgehead atoms. The number of hydrogen-bond acceptors (Lipinski definition) is 7. The number of aromatic nitrogens is 2. The number of anilines is 1. The van der Waals surface area contributed by atoms with Crippen molar-refractivity contribution in [1.82, 2.24) is 14.5 Å². The van der Waals surface area contributed by atoms with Crippen LogP contribution in [0.4, 0.5) is 5.69 Å². The van der Waals surface area contributed by atoms with Gasteiger partial charge in [0.2, 0.25) is 5.91 Å². The van der Waals surface area contributed by atoms with Crippen molar-refractivity contribution in [2.24, 2.45) is 0 Å². The monoisotopic (exact) mass is 532 g/mol. The lowest BCUT2D eigenvalue weighted by molar-refractivity contribution is -0.128. The van der Waals surface area contributed by atoms with E-state index in [9.17, 15) is 9.59 Å². The predicted octanol–water partition coefficient (Wildman–Crippen LogP) is 4.76. The number of hydrogen-bond donors (Lipinski definition) is 0. The highest BCUT2D eigenvalue weighted by molar-refractivity contribution is 7.99. The van der Waals surface area contributed by atoms with E-state index in [2.05, 4.69) is 11.5 Å². The van der Waals surface area contributed by atoms with Crippen molar-refractivity contribution in [3.63, 3.8) is 0 Å². The minimum absolute atomic E-state index is 0.0510. The molecule has 190 valence electrons. The van der Waals surface area contributed by atoms with Gasteiger partial charge >= 0.3 is 0 Å². The average Bonchev–Trinajstić information content (AvgIpc) is 3.38. The Hall–Kier alpha value is -3.56. The van der Waals surface area contributed by atoms with Crippen LogP contribution in [0.3, 0.4) is 0 Å². The highest BCUT2D eigenvalue weighted by Gasteiger charge is 2.23. The number of piperazine rings is 1. The molecule has 1 saturated heterocycles. The Morgan fingerprint density at radius 2 is 1.84 bits per heavy atom. The first-order chi connectivity index (χ1) is 18.1. The maximum absolute atomic E-state index is 13.5. The summed E-state index contributed by atoms with van der Waals surface area (Å²) >= 11 is 2.77. The normalized spacial score (nSPS) is 13.6. The van der Waals surface area contributed by atoms with E-state index >= 15 is 0 Å². The van der Waals surface area contributed by atoms with E-state index < -0.39 is 0 Å². The van der Waals surface area contributed by atoms with Crippen molar-refractivity contribution in [3.8, 4) is 16.9 Å². The van der Waals surface area contributed by atoms with Crippen molar-refractivity contribution < 1.29 is 9.53 Å². The van der Waals surface area contributed by atoms with Crippen LogP contribution in [0.2, 0.25) is 0 Å². The summed E-state index contributed by atoms with van der Waals surface area (Å²) in [6.45, 7) is 7.00. The molecule has 3 heterocycles. The van der Waals surface area contributed by atoms with Gasteiger partial charge in [0.15, 0.2) is 5.16 Å². The van der Waals surface area contributed by atoms with Crippen molar-refractivity contribution in [2.75, 3.05) is 43.9 Å². The lowest BCUT2D eigenvalue weighted by Gasteiger charge is -2.36. The smallest absolute Gasteiger partial charge is 0.263 e. The van der Waals surface area contributed by atoms with Crippen molar-refractivity contribution in [2.45, 2.75) is 11.7 Å². The number of thiophene rings is 1. The molecule has 1 aliphatic rings. The third-order valence-electron chi connectivity index (χ3n) is 6.45. The third-order valence-corrected chi connectivity index (χ3v) is 8.28. The maximum Gasteiger partial charge on any atom is 0.263 e. The Labute approximate surface area is 224 Å². The molecule has 7 nitrogen and oxygen atoms in total. The Balaban J connectivity index is 1.28. The van der Waals surface area contributed by atoms with Gasteiger partial charge in [0, 0.05) is 49.4 Å². The van der Waals surface area contributed by atoms with Crippen LogP contribution in [0.5, 0.6) is 5.75 Å². The molecule has 2 aromatic carbocycles. The molecular formula is C28H28N4O3S2. The van der Waals surface area contributed by atoms with Crippen molar-refractivity contribution in [3.05, 3.63) is 83.0 Å². The largest absolute Gasteiger partial charge is 0.497 e. The van der Waals surface area contributed by atoms with Crippen LogP contribution in [0.15, 0.2) is 82.6 Å². The zero-order valence-corrected chi connectivity index (χ0v) is 22.3. The Kier molecular flexibility index (Phi) is 7.62. The lowest BCUT2D eigenvalue weighted by atomic mass is 10.1. The summed E-state index contributed by atoms with van der Waals surface area (Å²) in [6.07, 6.45) is 1.69. The number of fused-ring (bicyclic) bond motifs is 1. The molecule has 37 heavy (non-hydrogen) atoms. The first kappa shape index (κ1) is 25.1. The molecule has 0 N–H and O–H groups in total. The lowest BCUT2D eigenvalue weighted by Crippen LogP contribution is -2.49. The fourth-order valence-electron chi connectivity index (χ4n) is 4.46. The summed E-state index contributed by atoms with van der Waals surface area (Å²) in [5.74, 6) is 1.11. The Morgan fingerprint density at radius 3 is 2.51 bits per heavy atom. The topological polar surface area (TPSA) is 67.7 Å². The zero-order valence-electron chi connectivity index (χ0n) is 20.6. The molecule has 5 rings (SSSR count). The number of nitrogens with zero attached hydrogens (tertiary/aromatic N) is 4. The van der Waals surface area contributed by atoms with Crippen LogP contribution in [0, 0.1) is 0 Å². The quantitative estimate of drug-likeness (QED) is 0.185. The number of amides is 1. The van der Waals surface area contributed by atoms with Crippen LogP contribution >= 0.6 is 23.1 Å². The molecular weight excluding hydrogens is 504 g/mol. The van der Waals surface area contributed by atoms with Gasteiger partial charge in [-0.25, -0.2) is 4.98 Å². The second-order valence-corrected chi connectivity index (χ2v) is 10.4. The van der Waals surface area contributed by atoms with Gasteiger partial charge in [-0.3, -0.25) is 14.2 Å². The predicted molar refractivity (Wildman–Crippen MR) is 152 cm³/mol. The molecule has 0 saturated carbocycles. The fraction of sp³-hybridized carbons (Fsp3) is 0.250. The van der Waals surface area contributed by atoms with Gasteiger partial charge in [-0.15, -0.1) is 17.9 Å². The average molecular weight is 533 g/mol. The molecule has 9 heteroatoms. The SMILES string of the molecule is C=CCn1c(SCC(=O)N2CCN(c3ccc(OC)cc3)CC2)nc2scc(-c3ccccc3)c2c1=O. The molecule has 1 aliphatic heterocycles. The van der Waals surface area contributed by atoms with Gasteiger partial charge in [-0.05, 0) is 29.8 Å². The number of thioether (sulfide) groups is 1. The van der Waals surface area contributed by atoms with Crippen LogP contribution in [-0.2, 0) is 11.3 Å². The number of methoxy groups -OCH3 is 1. The third kappa shape index (κ3) is 5.28. The van der Waals surface area contributed by atoms with E-state index in [-0.39, 0.29) is 17.2 Å². The minimum Gasteiger partial charge on any atom is -0.497 e. The molecule has 4 aromatic rings. The van der Waals surface area contributed by atoms with Gasteiger partial charge in [0.05, 0.1) is 18.2 Å². The number of allylic oxidation sites excluding steroid dienone is 1. The molecule has 0 radical (unpaired) electrons. The summed E-state index contributed by atoms with van der Waals surface area (Å²) in [5.41, 5.74) is 2.90. The van der Waals surface area contributed by atoms with E-state index in [0.717, 1.165) is 35.7 Å². The van der Waals surface area contributed by atoms with Crippen molar-refractivity contribution in [1.29, 1.82) is 0 Å². The van der Waals surface area contributed by atoms with Crippen LogP contribution in [0.1, 0.15) is 0 Å². The van der Waals surface area contributed by atoms with Crippen LogP contribution < -0.4 is 15.2 Å². The Morgan fingerprint density at radius 1 is 1.11 bits per heavy atom. The fourth-order valence-corrected chi connectivity index (χ4v) is 6.36. The molecule has 2 aromatic heterocycles. The number of carbonyl (C=O) groups excluding carboxylic acids is 1. The van der Waals surface area contributed by atoms with Gasteiger partial charge in [0.25, 0.3) is 5.56 Å².